The van der Waals surface area contributed by atoms with E-state index >= 15 is 4.39 Å². The lowest BCUT2D eigenvalue weighted by Gasteiger charge is -2.27. The molecule has 0 unspecified atom stereocenters. The number of benzene rings is 3. The Hall–Kier alpha value is -5.17. The summed E-state index contributed by atoms with van der Waals surface area (Å²) >= 11 is 0. The molecular formula is C43H51FN8O3. The van der Waals surface area contributed by atoms with Gasteiger partial charge in [-0.3, -0.25) is 14.5 Å². The molecule has 2 aliphatic heterocycles. The summed E-state index contributed by atoms with van der Waals surface area (Å²) in [6.07, 6.45) is 4.32. The number of pyridine rings is 1. The summed E-state index contributed by atoms with van der Waals surface area (Å²) in [7, 11) is 0. The average Bonchev–Trinajstić information content (AvgIpc) is 3.63. The third-order valence-corrected chi connectivity index (χ3v) is 10.5. The average molecular weight is 747 g/mol. The number of halogens is 1. The Kier molecular flexibility index (Phi) is 12.1. The van der Waals surface area contributed by atoms with E-state index in [0.29, 0.717) is 42.9 Å². The lowest BCUT2D eigenvalue weighted by atomic mass is 10.00. The summed E-state index contributed by atoms with van der Waals surface area (Å²) < 4.78 is 22.6. The van der Waals surface area contributed by atoms with Crippen molar-refractivity contribution in [3.05, 3.63) is 112 Å². The molecule has 0 radical (unpaired) electrons. The number of fused-ring (bicyclic) bond motifs is 1. The van der Waals surface area contributed by atoms with Crippen molar-refractivity contribution in [2.24, 2.45) is 0 Å². The molecule has 5 aromatic rings. The van der Waals surface area contributed by atoms with Crippen LogP contribution in [0.4, 0.5) is 10.1 Å². The Morgan fingerprint density at radius 2 is 1.67 bits per heavy atom. The fourth-order valence-electron chi connectivity index (χ4n) is 7.57. The highest BCUT2D eigenvalue weighted by atomic mass is 19.1. The van der Waals surface area contributed by atoms with Gasteiger partial charge in [0.2, 0.25) is 0 Å². The van der Waals surface area contributed by atoms with E-state index in [-0.39, 0.29) is 36.8 Å². The number of hydrogen-bond acceptors (Lipinski definition) is 8. The van der Waals surface area contributed by atoms with Gasteiger partial charge in [0.05, 0.1) is 17.3 Å². The molecule has 2 amide bonds. The maximum atomic E-state index is 15.1. The largest absolute Gasteiger partial charge is 0.381 e. The molecule has 7 rings (SSSR count). The van der Waals surface area contributed by atoms with Crippen molar-refractivity contribution in [2.45, 2.75) is 72.3 Å². The van der Waals surface area contributed by atoms with E-state index in [0.717, 1.165) is 95.8 Å². The zero-order valence-corrected chi connectivity index (χ0v) is 32.0. The van der Waals surface area contributed by atoms with E-state index in [1.54, 1.807) is 30.3 Å². The smallest absolute Gasteiger partial charge is 0.251 e. The van der Waals surface area contributed by atoms with Crippen LogP contribution in [0.1, 0.15) is 75.4 Å². The number of aryl methyl sites for hydroxylation is 3. The minimum Gasteiger partial charge on any atom is -0.381 e. The van der Waals surface area contributed by atoms with Crippen molar-refractivity contribution in [1.29, 1.82) is 0 Å². The standard InChI is InChI=1S/C43H51FN8O3/c1-4-39-36(40(49-34-11-17-55-18-12-34)37-26-48-52(5-2)41(37)50-39)25-47-43(54)33-20-28(3)19-32(23-33)42(53)46-24-29-9-10-38(44)35(22-29)31-8-6-7-30(21-31)27-51-15-13-45-14-16-51/h6-10,19-23,26,34,45H,4-5,11-18,24-25,27H2,1-3H3,(H,46,53)(H,47,54)(H,49,50). The van der Waals surface area contributed by atoms with Crippen LogP contribution in [0.2, 0.25) is 0 Å². The molecule has 2 fully saturated rings. The Bertz CT molecular complexity index is 2160. The van der Waals surface area contributed by atoms with Crippen LogP contribution in [0.15, 0.2) is 66.9 Å². The summed E-state index contributed by atoms with van der Waals surface area (Å²) in [5.41, 5.74) is 8.36. The third-order valence-electron chi connectivity index (χ3n) is 10.5. The first-order valence-corrected chi connectivity index (χ1v) is 19.5. The van der Waals surface area contributed by atoms with E-state index in [4.69, 9.17) is 9.72 Å². The number of carbonyl (C=O) groups excluding carboxylic acids is 2. The van der Waals surface area contributed by atoms with Gasteiger partial charge >= 0.3 is 0 Å². The molecule has 2 aromatic heterocycles. The predicted molar refractivity (Wildman–Crippen MR) is 214 cm³/mol. The van der Waals surface area contributed by atoms with Gasteiger partial charge in [0, 0.05) is 99.6 Å². The second-order valence-electron chi connectivity index (χ2n) is 14.5. The van der Waals surface area contributed by atoms with Crippen LogP contribution in [0.3, 0.4) is 0 Å². The van der Waals surface area contributed by atoms with Gasteiger partial charge < -0.3 is 26.0 Å². The Morgan fingerprint density at radius 1 is 0.927 bits per heavy atom. The molecule has 11 nitrogen and oxygen atoms in total. The fourth-order valence-corrected chi connectivity index (χ4v) is 7.57. The van der Waals surface area contributed by atoms with E-state index in [1.807, 2.05) is 42.9 Å². The second kappa shape index (κ2) is 17.5. The first-order valence-electron chi connectivity index (χ1n) is 19.5. The maximum Gasteiger partial charge on any atom is 0.251 e. The fraction of sp³-hybridized carbons (Fsp3) is 0.395. The molecule has 4 heterocycles. The minimum absolute atomic E-state index is 0.203. The summed E-state index contributed by atoms with van der Waals surface area (Å²) in [4.78, 5) is 34.6. The molecule has 55 heavy (non-hydrogen) atoms. The number of amides is 2. The Morgan fingerprint density at radius 3 is 2.40 bits per heavy atom. The van der Waals surface area contributed by atoms with Gasteiger partial charge in [0.1, 0.15) is 5.82 Å². The van der Waals surface area contributed by atoms with Gasteiger partial charge in [-0.05, 0) is 91.8 Å². The SMILES string of the molecule is CCc1nc2c(cnn2CC)c(NC2CCOCC2)c1CNC(=O)c1cc(C)cc(C(=O)NCc2ccc(F)c(-c3cccc(CN4CCNCC4)c3)c2)c1. The van der Waals surface area contributed by atoms with Gasteiger partial charge in [-0.2, -0.15) is 5.10 Å². The van der Waals surface area contributed by atoms with Crippen LogP contribution < -0.4 is 21.3 Å². The topological polar surface area (TPSA) is 125 Å². The zero-order chi connectivity index (χ0) is 38.3. The minimum atomic E-state index is -0.319. The molecule has 12 heteroatoms. The van der Waals surface area contributed by atoms with E-state index in [9.17, 15) is 9.59 Å². The van der Waals surface area contributed by atoms with Crippen LogP contribution in [-0.2, 0) is 37.3 Å². The number of nitrogens with zero attached hydrogens (tertiary/aromatic N) is 4. The van der Waals surface area contributed by atoms with Crippen LogP contribution in [0.25, 0.3) is 22.2 Å². The monoisotopic (exact) mass is 746 g/mol. The number of hydrogen-bond donors (Lipinski definition) is 4. The third kappa shape index (κ3) is 9.04. The highest BCUT2D eigenvalue weighted by molar-refractivity contribution is 6.00. The van der Waals surface area contributed by atoms with Crippen LogP contribution >= 0.6 is 0 Å². The summed E-state index contributed by atoms with van der Waals surface area (Å²) in [5.74, 6) is -0.919. The van der Waals surface area contributed by atoms with Crippen molar-refractivity contribution in [2.75, 3.05) is 44.7 Å². The van der Waals surface area contributed by atoms with E-state index < -0.39 is 0 Å². The number of carbonyl (C=O) groups is 2. The van der Waals surface area contributed by atoms with Gasteiger partial charge in [0.25, 0.3) is 11.8 Å². The van der Waals surface area contributed by atoms with Crippen LogP contribution in [0.5, 0.6) is 0 Å². The molecule has 4 N–H and O–H groups in total. The molecule has 2 saturated heterocycles. The molecule has 0 atom stereocenters. The van der Waals surface area contributed by atoms with Gasteiger partial charge in [-0.25, -0.2) is 14.1 Å². The van der Waals surface area contributed by atoms with Crippen molar-refractivity contribution in [3.8, 4) is 11.1 Å². The van der Waals surface area contributed by atoms with Gasteiger partial charge in [0.15, 0.2) is 5.65 Å². The molecule has 2 aliphatic rings. The lowest BCUT2D eigenvalue weighted by molar-refractivity contribution is 0.0904. The number of nitrogens with one attached hydrogen (secondary N) is 4. The highest BCUT2D eigenvalue weighted by Crippen LogP contribution is 2.31. The van der Waals surface area contributed by atoms with Crippen molar-refractivity contribution < 1.29 is 18.7 Å². The van der Waals surface area contributed by atoms with E-state index in [2.05, 4.69) is 44.3 Å². The van der Waals surface area contributed by atoms with Crippen LogP contribution in [-0.4, -0.2) is 76.9 Å². The summed E-state index contributed by atoms with van der Waals surface area (Å²) in [5, 5.41) is 18.7. The molecule has 0 saturated carbocycles. The predicted octanol–water partition coefficient (Wildman–Crippen LogP) is 5.98. The lowest BCUT2D eigenvalue weighted by Crippen LogP contribution is -2.42. The Balaban J connectivity index is 1.04. The molecule has 0 spiro atoms. The first-order chi connectivity index (χ1) is 26.8. The van der Waals surface area contributed by atoms with Crippen molar-refractivity contribution >= 4 is 28.5 Å². The van der Waals surface area contributed by atoms with Gasteiger partial charge in [-0.1, -0.05) is 31.2 Å². The number of aromatic nitrogens is 3. The summed E-state index contributed by atoms with van der Waals surface area (Å²) in [6.45, 7) is 13.3. The molecule has 0 bridgehead atoms. The van der Waals surface area contributed by atoms with Crippen molar-refractivity contribution in [3.63, 3.8) is 0 Å². The van der Waals surface area contributed by atoms with Gasteiger partial charge in [-0.15, -0.1) is 0 Å². The number of rotatable bonds is 13. The number of piperazine rings is 1. The highest BCUT2D eigenvalue weighted by Gasteiger charge is 2.23. The second-order valence-corrected chi connectivity index (χ2v) is 14.5. The summed E-state index contributed by atoms with van der Waals surface area (Å²) in [6, 6.07) is 18.3. The first kappa shape index (κ1) is 38.1. The number of anilines is 1. The zero-order valence-electron chi connectivity index (χ0n) is 32.0. The molecule has 0 aliphatic carbocycles. The number of ether oxygens (including phenoxy) is 1. The van der Waals surface area contributed by atoms with Crippen LogP contribution in [0, 0.1) is 12.7 Å². The van der Waals surface area contributed by atoms with E-state index in [1.165, 1.54) is 6.07 Å². The quantitative estimate of drug-likeness (QED) is 0.116. The Labute approximate surface area is 322 Å². The van der Waals surface area contributed by atoms with Crippen molar-refractivity contribution in [1.82, 2.24) is 35.6 Å². The normalized spacial score (nSPS) is 15.3. The molecular weight excluding hydrogens is 696 g/mol. The maximum absolute atomic E-state index is 15.1. The molecule has 288 valence electrons. The molecule has 3 aromatic carbocycles.